The number of nitrogens with zero attached hydrogens (tertiary/aromatic N) is 1. The molecule has 8 heteroatoms. The molecule has 3 rings (SSSR count). The van der Waals surface area contributed by atoms with Crippen LogP contribution in [-0.2, 0) is 0 Å². The molecule has 138 valence electrons. The number of para-hydroxylation sites is 3. The van der Waals surface area contributed by atoms with E-state index >= 15 is 0 Å². The summed E-state index contributed by atoms with van der Waals surface area (Å²) in [5.74, 6) is 0.250. The average Bonchev–Trinajstić information content (AvgIpc) is 3.03. The van der Waals surface area contributed by atoms with Crippen molar-refractivity contribution in [2.75, 3.05) is 23.1 Å². The van der Waals surface area contributed by atoms with Gasteiger partial charge in [0, 0.05) is 5.69 Å². The Bertz CT molecular complexity index is 957. The second-order valence-electron chi connectivity index (χ2n) is 5.53. The van der Waals surface area contributed by atoms with Crippen LogP contribution < -0.4 is 20.7 Å². The number of carbonyl (C=O) groups is 2. The van der Waals surface area contributed by atoms with Gasteiger partial charge >= 0.3 is 6.03 Å². The number of nitrogens with one attached hydrogen (secondary N) is 3. The predicted molar refractivity (Wildman–Crippen MR) is 107 cm³/mol. The second kappa shape index (κ2) is 8.33. The van der Waals surface area contributed by atoms with Crippen molar-refractivity contribution in [3.63, 3.8) is 0 Å². The fraction of sp³-hybridized carbons (Fsp3) is 0.105. The number of amides is 3. The van der Waals surface area contributed by atoms with Gasteiger partial charge in [-0.15, -0.1) is 0 Å². The first kappa shape index (κ1) is 18.4. The van der Waals surface area contributed by atoms with Crippen molar-refractivity contribution in [1.82, 2.24) is 4.98 Å². The summed E-state index contributed by atoms with van der Waals surface area (Å²) >= 11 is 1.10. The highest BCUT2D eigenvalue weighted by Crippen LogP contribution is 2.27. The van der Waals surface area contributed by atoms with Crippen molar-refractivity contribution in [3.8, 4) is 5.75 Å². The Kier molecular flexibility index (Phi) is 5.68. The average molecular weight is 382 g/mol. The lowest BCUT2D eigenvalue weighted by Gasteiger charge is -2.08. The number of rotatable bonds is 5. The van der Waals surface area contributed by atoms with Crippen molar-refractivity contribution in [2.24, 2.45) is 0 Å². The van der Waals surface area contributed by atoms with Gasteiger partial charge in [0.25, 0.3) is 5.91 Å². The second-order valence-corrected chi connectivity index (χ2v) is 6.53. The van der Waals surface area contributed by atoms with Gasteiger partial charge in [-0.25, -0.2) is 9.78 Å². The molecule has 0 aliphatic rings. The maximum Gasteiger partial charge on any atom is 0.325 e. The zero-order valence-corrected chi connectivity index (χ0v) is 15.6. The fourth-order valence-corrected chi connectivity index (χ4v) is 3.23. The molecule has 0 aliphatic heterocycles. The van der Waals surface area contributed by atoms with Crippen LogP contribution in [0.1, 0.15) is 15.4 Å². The Labute approximate surface area is 160 Å². The first-order valence-corrected chi connectivity index (χ1v) is 8.93. The molecule has 27 heavy (non-hydrogen) atoms. The minimum Gasteiger partial charge on any atom is -0.495 e. The molecular weight excluding hydrogens is 364 g/mol. The molecule has 0 fully saturated rings. The topological polar surface area (TPSA) is 92.4 Å². The van der Waals surface area contributed by atoms with E-state index in [-0.39, 0.29) is 5.91 Å². The number of benzene rings is 2. The molecule has 0 spiro atoms. The number of urea groups is 1. The number of anilines is 3. The number of aromatic nitrogens is 1. The summed E-state index contributed by atoms with van der Waals surface area (Å²) in [5, 5.41) is 8.49. The van der Waals surface area contributed by atoms with Crippen molar-refractivity contribution >= 4 is 39.8 Å². The van der Waals surface area contributed by atoms with E-state index in [4.69, 9.17) is 4.74 Å². The Morgan fingerprint density at radius 1 is 0.963 bits per heavy atom. The zero-order chi connectivity index (χ0) is 19.2. The Morgan fingerprint density at radius 3 is 2.41 bits per heavy atom. The van der Waals surface area contributed by atoms with E-state index < -0.39 is 6.03 Å². The van der Waals surface area contributed by atoms with Crippen molar-refractivity contribution in [1.29, 1.82) is 0 Å². The van der Waals surface area contributed by atoms with Crippen LogP contribution in [0.15, 0.2) is 54.6 Å². The van der Waals surface area contributed by atoms with Crippen LogP contribution in [0.25, 0.3) is 0 Å². The molecular formula is C19H18N4O3S. The minimum atomic E-state index is -0.424. The van der Waals surface area contributed by atoms with E-state index in [1.807, 2.05) is 24.3 Å². The predicted octanol–water partition coefficient (Wildman–Crippen LogP) is 4.36. The normalized spacial score (nSPS) is 10.1. The van der Waals surface area contributed by atoms with Crippen LogP contribution in [0.2, 0.25) is 0 Å². The van der Waals surface area contributed by atoms with Crippen molar-refractivity contribution < 1.29 is 14.3 Å². The van der Waals surface area contributed by atoms with Crippen LogP contribution in [-0.4, -0.2) is 24.0 Å². The standard InChI is InChI=1S/C19H18N4O3S/c1-12-16(17(24)22-14-10-6-7-11-15(14)26-2)27-19(20-12)23-18(25)21-13-8-4-3-5-9-13/h3-11H,1-2H3,(H,22,24)(H2,20,21,23,25). The minimum absolute atomic E-state index is 0.314. The Hall–Kier alpha value is -3.39. The highest BCUT2D eigenvalue weighted by molar-refractivity contribution is 7.17. The lowest BCUT2D eigenvalue weighted by Crippen LogP contribution is -2.19. The van der Waals surface area contributed by atoms with Gasteiger partial charge < -0.3 is 15.4 Å². The maximum atomic E-state index is 12.6. The largest absolute Gasteiger partial charge is 0.495 e. The van der Waals surface area contributed by atoms with Gasteiger partial charge in [0.1, 0.15) is 10.6 Å². The maximum absolute atomic E-state index is 12.6. The molecule has 0 atom stereocenters. The summed E-state index contributed by atoms with van der Waals surface area (Å²) in [6, 6.07) is 15.8. The first-order valence-electron chi connectivity index (χ1n) is 8.11. The summed E-state index contributed by atoms with van der Waals surface area (Å²) in [4.78, 5) is 29.3. The van der Waals surface area contributed by atoms with Crippen LogP contribution in [0, 0.1) is 6.92 Å². The summed E-state index contributed by atoms with van der Waals surface area (Å²) in [6.45, 7) is 1.72. The van der Waals surface area contributed by atoms with E-state index in [0.717, 1.165) is 11.3 Å². The van der Waals surface area contributed by atoms with Crippen LogP contribution in [0.3, 0.4) is 0 Å². The Balaban J connectivity index is 1.68. The number of ether oxygens (including phenoxy) is 1. The monoisotopic (exact) mass is 382 g/mol. The molecule has 0 saturated carbocycles. The highest BCUT2D eigenvalue weighted by Gasteiger charge is 2.18. The van der Waals surface area contributed by atoms with E-state index in [1.54, 1.807) is 37.3 Å². The number of aryl methyl sites for hydroxylation is 1. The van der Waals surface area contributed by atoms with Crippen molar-refractivity contribution in [2.45, 2.75) is 6.92 Å². The molecule has 3 N–H and O–H groups in total. The third kappa shape index (κ3) is 4.62. The van der Waals surface area contributed by atoms with Crippen LogP contribution in [0.5, 0.6) is 5.75 Å². The number of thiazole rings is 1. The fourth-order valence-electron chi connectivity index (χ4n) is 2.37. The molecule has 2 aromatic carbocycles. The third-order valence-corrected chi connectivity index (χ3v) is 4.68. The van der Waals surface area contributed by atoms with Crippen molar-refractivity contribution in [3.05, 3.63) is 65.2 Å². The molecule has 7 nitrogen and oxygen atoms in total. The Morgan fingerprint density at radius 2 is 1.67 bits per heavy atom. The molecule has 0 unspecified atom stereocenters. The van der Waals surface area contributed by atoms with Gasteiger partial charge in [-0.2, -0.15) is 0 Å². The molecule has 0 radical (unpaired) electrons. The number of hydrogen-bond donors (Lipinski definition) is 3. The van der Waals surface area contributed by atoms with Gasteiger partial charge in [-0.05, 0) is 31.2 Å². The third-order valence-electron chi connectivity index (χ3n) is 3.61. The highest BCUT2D eigenvalue weighted by atomic mass is 32.1. The van der Waals surface area contributed by atoms with Gasteiger partial charge in [-0.3, -0.25) is 10.1 Å². The van der Waals surface area contributed by atoms with Gasteiger partial charge in [0.15, 0.2) is 5.13 Å². The number of hydrogen-bond acceptors (Lipinski definition) is 5. The lowest BCUT2D eigenvalue weighted by molar-refractivity contribution is 0.102. The summed E-state index contributed by atoms with van der Waals surface area (Å²) in [6.07, 6.45) is 0. The molecule has 1 aromatic heterocycles. The lowest BCUT2D eigenvalue weighted by atomic mass is 10.3. The van der Waals surface area contributed by atoms with Crippen LogP contribution in [0.4, 0.5) is 21.3 Å². The van der Waals surface area contributed by atoms with E-state index in [9.17, 15) is 9.59 Å². The molecule has 1 heterocycles. The molecule has 0 aliphatic carbocycles. The van der Waals surface area contributed by atoms with Crippen LogP contribution >= 0.6 is 11.3 Å². The molecule has 0 saturated heterocycles. The van der Waals surface area contributed by atoms with Gasteiger partial charge in [0.05, 0.1) is 18.5 Å². The van der Waals surface area contributed by atoms with Gasteiger partial charge in [0.2, 0.25) is 0 Å². The number of carbonyl (C=O) groups excluding carboxylic acids is 2. The van der Waals surface area contributed by atoms with E-state index in [0.29, 0.717) is 32.8 Å². The first-order chi connectivity index (χ1) is 13.1. The summed E-state index contributed by atoms with van der Waals surface area (Å²) in [5.41, 5.74) is 1.76. The van der Waals surface area contributed by atoms with E-state index in [2.05, 4.69) is 20.9 Å². The quantitative estimate of drug-likeness (QED) is 0.611. The molecule has 3 amide bonds. The van der Waals surface area contributed by atoms with Gasteiger partial charge in [-0.1, -0.05) is 41.7 Å². The SMILES string of the molecule is COc1ccccc1NC(=O)c1sc(NC(=O)Nc2ccccc2)nc1C. The summed E-state index contributed by atoms with van der Waals surface area (Å²) in [7, 11) is 1.54. The van der Waals surface area contributed by atoms with E-state index in [1.165, 1.54) is 7.11 Å². The number of methoxy groups -OCH3 is 1. The molecule has 3 aromatic rings. The summed E-state index contributed by atoms with van der Waals surface area (Å²) < 4.78 is 5.23. The smallest absolute Gasteiger partial charge is 0.325 e. The zero-order valence-electron chi connectivity index (χ0n) is 14.8. The molecule has 0 bridgehead atoms.